The van der Waals surface area contributed by atoms with E-state index in [0.29, 0.717) is 35.5 Å². The van der Waals surface area contributed by atoms with Crippen LogP contribution in [0.3, 0.4) is 0 Å². The van der Waals surface area contributed by atoms with Crippen molar-refractivity contribution in [1.82, 2.24) is 4.98 Å². The van der Waals surface area contributed by atoms with Crippen molar-refractivity contribution in [2.24, 2.45) is 0 Å². The van der Waals surface area contributed by atoms with Gasteiger partial charge in [0.1, 0.15) is 13.2 Å². The number of nitrogens with one attached hydrogen (secondary N) is 1. The number of anilines is 1. The molecule has 0 aliphatic carbocycles. The van der Waals surface area contributed by atoms with E-state index < -0.39 is 10.0 Å². The third kappa shape index (κ3) is 3.31. The van der Waals surface area contributed by atoms with Gasteiger partial charge in [0.25, 0.3) is 10.0 Å². The van der Waals surface area contributed by atoms with Crippen LogP contribution in [0.5, 0.6) is 11.5 Å². The van der Waals surface area contributed by atoms with Gasteiger partial charge in [0.15, 0.2) is 16.6 Å². The zero-order chi connectivity index (χ0) is 17.3. The minimum atomic E-state index is -3.64. The molecule has 2 aromatic carbocycles. The number of nitrogens with zero attached hydrogens (tertiary/aromatic N) is 1. The first-order chi connectivity index (χ1) is 12.1. The Morgan fingerprint density at radius 2 is 1.76 bits per heavy atom. The zero-order valence-electron chi connectivity index (χ0n) is 13.0. The number of thiazole rings is 1. The number of fused-ring (bicyclic) bond motifs is 1. The van der Waals surface area contributed by atoms with E-state index in [-0.39, 0.29) is 4.90 Å². The number of ether oxygens (including phenoxy) is 2. The van der Waals surface area contributed by atoms with Gasteiger partial charge in [0.2, 0.25) is 0 Å². The SMILES string of the molecule is O=S(=O)(Nc1nc(-c2ccc3c(c2)OCCO3)cs1)c1ccccc1. The van der Waals surface area contributed by atoms with Crippen molar-refractivity contribution in [3.8, 4) is 22.8 Å². The van der Waals surface area contributed by atoms with E-state index in [1.165, 1.54) is 23.5 Å². The number of rotatable bonds is 4. The number of sulfonamides is 1. The molecule has 0 atom stereocenters. The fourth-order valence-electron chi connectivity index (χ4n) is 2.43. The molecule has 4 rings (SSSR count). The summed E-state index contributed by atoms with van der Waals surface area (Å²) in [5.74, 6) is 1.37. The van der Waals surface area contributed by atoms with Gasteiger partial charge in [-0.2, -0.15) is 0 Å². The van der Waals surface area contributed by atoms with Gasteiger partial charge in [-0.3, -0.25) is 4.72 Å². The van der Waals surface area contributed by atoms with Crippen molar-refractivity contribution in [3.05, 3.63) is 53.9 Å². The molecule has 1 aliphatic heterocycles. The second kappa shape index (κ2) is 6.38. The van der Waals surface area contributed by atoms with Gasteiger partial charge in [0, 0.05) is 10.9 Å². The summed E-state index contributed by atoms with van der Waals surface area (Å²) in [6.45, 7) is 1.05. The van der Waals surface area contributed by atoms with Crippen LogP contribution >= 0.6 is 11.3 Å². The van der Waals surface area contributed by atoms with Crippen molar-refractivity contribution in [1.29, 1.82) is 0 Å². The molecule has 0 radical (unpaired) electrons. The van der Waals surface area contributed by atoms with Crippen LogP contribution in [0.4, 0.5) is 5.13 Å². The van der Waals surface area contributed by atoms with E-state index in [1.54, 1.807) is 23.6 Å². The normalized spacial score (nSPS) is 13.4. The van der Waals surface area contributed by atoms with E-state index in [9.17, 15) is 8.42 Å². The molecule has 2 heterocycles. The molecule has 8 heteroatoms. The molecule has 0 unspecified atom stereocenters. The lowest BCUT2D eigenvalue weighted by atomic mass is 10.1. The predicted molar refractivity (Wildman–Crippen MR) is 95.8 cm³/mol. The Bertz CT molecular complexity index is 1000. The fraction of sp³-hybridized carbons (Fsp3) is 0.118. The van der Waals surface area contributed by atoms with Crippen molar-refractivity contribution in [2.75, 3.05) is 17.9 Å². The zero-order valence-corrected chi connectivity index (χ0v) is 14.6. The molecule has 0 saturated carbocycles. The van der Waals surface area contributed by atoms with E-state index in [1.807, 2.05) is 18.2 Å². The maximum absolute atomic E-state index is 12.4. The second-order valence-electron chi connectivity index (χ2n) is 5.31. The Morgan fingerprint density at radius 1 is 1.00 bits per heavy atom. The quantitative estimate of drug-likeness (QED) is 0.757. The molecule has 6 nitrogen and oxygen atoms in total. The molecular formula is C17H14N2O4S2. The standard InChI is InChI=1S/C17H14N2O4S2/c20-25(21,13-4-2-1-3-5-13)19-17-18-14(11-24-17)12-6-7-15-16(10-12)23-9-8-22-15/h1-7,10-11H,8-9H2,(H,18,19). The molecule has 25 heavy (non-hydrogen) atoms. The van der Waals surface area contributed by atoms with E-state index in [4.69, 9.17) is 9.47 Å². The molecule has 0 spiro atoms. The molecule has 128 valence electrons. The van der Waals surface area contributed by atoms with Crippen LogP contribution in [0.2, 0.25) is 0 Å². The van der Waals surface area contributed by atoms with Crippen LogP contribution in [0, 0.1) is 0 Å². The highest BCUT2D eigenvalue weighted by atomic mass is 32.2. The van der Waals surface area contributed by atoms with E-state index in [2.05, 4.69) is 9.71 Å². The van der Waals surface area contributed by atoms with Gasteiger partial charge in [-0.25, -0.2) is 13.4 Å². The average molecular weight is 374 g/mol. The smallest absolute Gasteiger partial charge is 0.263 e. The number of hydrogen-bond donors (Lipinski definition) is 1. The first-order valence-electron chi connectivity index (χ1n) is 7.55. The maximum Gasteiger partial charge on any atom is 0.263 e. The van der Waals surface area contributed by atoms with Crippen molar-refractivity contribution in [3.63, 3.8) is 0 Å². The molecule has 0 bridgehead atoms. The average Bonchev–Trinajstić information content (AvgIpc) is 3.10. The summed E-state index contributed by atoms with van der Waals surface area (Å²) in [5, 5.41) is 2.11. The van der Waals surface area contributed by atoms with Crippen molar-refractivity contribution >= 4 is 26.5 Å². The minimum absolute atomic E-state index is 0.200. The maximum atomic E-state index is 12.4. The monoisotopic (exact) mass is 374 g/mol. The number of benzene rings is 2. The lowest BCUT2D eigenvalue weighted by Gasteiger charge is -2.18. The van der Waals surface area contributed by atoms with Crippen LogP contribution in [-0.2, 0) is 10.0 Å². The molecule has 3 aromatic rings. The summed E-state index contributed by atoms with van der Waals surface area (Å²) in [4.78, 5) is 4.57. The fourth-order valence-corrected chi connectivity index (χ4v) is 4.42. The molecule has 1 N–H and O–H groups in total. The lowest BCUT2D eigenvalue weighted by Crippen LogP contribution is -2.15. The van der Waals surface area contributed by atoms with E-state index >= 15 is 0 Å². The lowest BCUT2D eigenvalue weighted by molar-refractivity contribution is 0.171. The summed E-state index contributed by atoms with van der Waals surface area (Å²) in [6.07, 6.45) is 0. The highest BCUT2D eigenvalue weighted by Crippen LogP contribution is 2.35. The number of aromatic nitrogens is 1. The summed E-state index contributed by atoms with van der Waals surface area (Å²) in [7, 11) is -3.64. The first-order valence-corrected chi connectivity index (χ1v) is 9.91. The van der Waals surface area contributed by atoms with Gasteiger partial charge >= 0.3 is 0 Å². The molecule has 0 amide bonds. The third-order valence-corrected chi connectivity index (χ3v) is 5.86. The summed E-state index contributed by atoms with van der Waals surface area (Å²) in [6, 6.07) is 13.7. The Morgan fingerprint density at radius 3 is 2.56 bits per heavy atom. The topological polar surface area (TPSA) is 77.5 Å². The van der Waals surface area contributed by atoms with E-state index in [0.717, 1.165) is 5.56 Å². The van der Waals surface area contributed by atoms with Gasteiger partial charge in [-0.15, -0.1) is 11.3 Å². The van der Waals surface area contributed by atoms with Crippen LogP contribution in [-0.4, -0.2) is 26.6 Å². The molecule has 0 fully saturated rings. The Balaban J connectivity index is 1.58. The van der Waals surface area contributed by atoms with Gasteiger partial charge in [-0.05, 0) is 30.3 Å². The van der Waals surface area contributed by atoms with Crippen molar-refractivity contribution < 1.29 is 17.9 Å². The van der Waals surface area contributed by atoms with Crippen LogP contribution in [0.15, 0.2) is 58.8 Å². The third-order valence-electron chi connectivity index (χ3n) is 3.62. The van der Waals surface area contributed by atoms with Crippen LogP contribution < -0.4 is 14.2 Å². The highest BCUT2D eigenvalue weighted by molar-refractivity contribution is 7.93. The molecular weight excluding hydrogens is 360 g/mol. The van der Waals surface area contributed by atoms with Crippen LogP contribution in [0.25, 0.3) is 11.3 Å². The number of hydrogen-bond acceptors (Lipinski definition) is 6. The summed E-state index contributed by atoms with van der Waals surface area (Å²) >= 11 is 1.23. The van der Waals surface area contributed by atoms with Gasteiger partial charge in [0.05, 0.1) is 10.6 Å². The van der Waals surface area contributed by atoms with Gasteiger partial charge < -0.3 is 9.47 Å². The first kappa shape index (κ1) is 15.9. The second-order valence-corrected chi connectivity index (χ2v) is 7.86. The van der Waals surface area contributed by atoms with Crippen LogP contribution in [0.1, 0.15) is 0 Å². The summed E-state index contributed by atoms with van der Waals surface area (Å²) < 4.78 is 38.3. The molecule has 1 aromatic heterocycles. The Labute approximate surface area is 149 Å². The molecule has 0 saturated heterocycles. The largest absolute Gasteiger partial charge is 0.486 e. The Kier molecular flexibility index (Phi) is 4.06. The van der Waals surface area contributed by atoms with Crippen molar-refractivity contribution in [2.45, 2.75) is 4.90 Å². The Hall–Kier alpha value is -2.58. The van der Waals surface area contributed by atoms with Gasteiger partial charge in [-0.1, -0.05) is 18.2 Å². The highest BCUT2D eigenvalue weighted by Gasteiger charge is 2.17. The predicted octanol–water partition coefficient (Wildman–Crippen LogP) is 3.38. The summed E-state index contributed by atoms with van der Waals surface area (Å²) in [5.41, 5.74) is 1.51. The molecule has 1 aliphatic rings. The minimum Gasteiger partial charge on any atom is -0.486 e.